The average Bonchev–Trinajstić information content (AvgIpc) is 3.02. The molecular weight excluding hydrogens is 368 g/mol. The van der Waals surface area contributed by atoms with Crippen molar-refractivity contribution in [2.24, 2.45) is 5.92 Å². The number of fused-ring (bicyclic) bond motifs is 4. The number of carbonyl (C=O) groups is 1. The Morgan fingerprint density at radius 2 is 2.04 bits per heavy atom. The molecule has 0 saturated carbocycles. The van der Waals surface area contributed by atoms with Crippen molar-refractivity contribution in [1.82, 2.24) is 10.2 Å². The summed E-state index contributed by atoms with van der Waals surface area (Å²) in [5, 5.41) is 4.49. The summed E-state index contributed by atoms with van der Waals surface area (Å²) >= 11 is 1.57. The zero-order valence-electron chi connectivity index (χ0n) is 15.6. The van der Waals surface area contributed by atoms with Crippen molar-refractivity contribution in [2.45, 2.75) is 44.9 Å². The maximum absolute atomic E-state index is 12.9. The Labute approximate surface area is 165 Å². The van der Waals surface area contributed by atoms with Crippen molar-refractivity contribution in [2.75, 3.05) is 20.2 Å². The van der Waals surface area contributed by atoms with Crippen LogP contribution in [0.2, 0.25) is 0 Å². The lowest BCUT2D eigenvalue weighted by atomic mass is 9.72. The fraction of sp³-hybridized carbons (Fsp3) is 0.550. The second-order valence-corrected chi connectivity index (χ2v) is 8.93. The smallest absolute Gasteiger partial charge is 0.261 e. The fourth-order valence-corrected chi connectivity index (χ4v) is 5.56. The lowest BCUT2D eigenvalue weighted by Crippen LogP contribution is -2.69. The van der Waals surface area contributed by atoms with Gasteiger partial charge in [0.1, 0.15) is 0 Å². The molecule has 142 valence electrons. The highest BCUT2D eigenvalue weighted by molar-refractivity contribution is 7.20. The normalized spacial score (nSPS) is 26.5. The number of hydrogen-bond donors (Lipinski definition) is 1. The van der Waals surface area contributed by atoms with E-state index in [1.165, 1.54) is 12.8 Å². The number of benzene rings is 1. The van der Waals surface area contributed by atoms with Gasteiger partial charge in [-0.2, -0.15) is 0 Å². The summed E-state index contributed by atoms with van der Waals surface area (Å²) in [5.74, 6) is 0.674. The van der Waals surface area contributed by atoms with Gasteiger partial charge in [0.25, 0.3) is 5.91 Å². The highest BCUT2D eigenvalue weighted by Crippen LogP contribution is 2.39. The molecule has 1 atom stereocenters. The van der Waals surface area contributed by atoms with Crippen molar-refractivity contribution in [3.05, 3.63) is 34.7 Å². The number of amides is 1. The van der Waals surface area contributed by atoms with Crippen molar-refractivity contribution < 1.29 is 9.53 Å². The van der Waals surface area contributed by atoms with Crippen LogP contribution in [-0.4, -0.2) is 42.6 Å². The molecular formula is C20H27ClN2O2S. The van der Waals surface area contributed by atoms with Crippen molar-refractivity contribution in [1.29, 1.82) is 0 Å². The van der Waals surface area contributed by atoms with Crippen LogP contribution in [0.5, 0.6) is 0 Å². The molecule has 5 rings (SSSR count). The number of nitrogens with zero attached hydrogens (tertiary/aromatic N) is 1. The Balaban J connectivity index is 0.00000196. The number of carbonyl (C=O) groups excluding carboxylic acids is 1. The molecule has 26 heavy (non-hydrogen) atoms. The summed E-state index contributed by atoms with van der Waals surface area (Å²) in [6.45, 7) is 7.46. The van der Waals surface area contributed by atoms with Crippen molar-refractivity contribution in [3.8, 4) is 0 Å². The first-order chi connectivity index (χ1) is 12.0. The zero-order valence-corrected chi connectivity index (χ0v) is 17.2. The Morgan fingerprint density at radius 3 is 2.69 bits per heavy atom. The number of nitrogens with one attached hydrogen (secondary N) is 1. The van der Waals surface area contributed by atoms with E-state index in [0.29, 0.717) is 12.5 Å². The van der Waals surface area contributed by atoms with Gasteiger partial charge in [-0.3, -0.25) is 9.69 Å². The SMILES string of the molecule is COCc1ccc2cc(C(=O)N[C@@H]3C4CCN(CC4)C3(C)C)sc2c1.Cl. The maximum atomic E-state index is 12.9. The molecule has 0 radical (unpaired) electrons. The molecule has 0 unspecified atom stereocenters. The molecule has 6 heteroatoms. The standard InChI is InChI=1S/C20H26N2O2S.ClH/c1-20(2)18(14-6-8-22(20)9-7-14)21-19(23)17-11-15-5-4-13(12-24-3)10-16(15)25-17;/h4-5,10-11,14,18H,6-9,12H2,1-3H3,(H,21,23);1H/t18-;/m1./s1. The van der Waals surface area contributed by atoms with Gasteiger partial charge in [0, 0.05) is 23.4 Å². The number of rotatable bonds is 4. The van der Waals surface area contributed by atoms with Gasteiger partial charge in [0.2, 0.25) is 0 Å². The molecule has 1 aromatic carbocycles. The minimum Gasteiger partial charge on any atom is -0.380 e. The number of hydrogen-bond acceptors (Lipinski definition) is 4. The molecule has 3 aliphatic rings. The molecule has 2 bridgehead atoms. The van der Waals surface area contributed by atoms with Gasteiger partial charge in [0.05, 0.1) is 11.5 Å². The predicted octanol–water partition coefficient (Wildman–Crippen LogP) is 4.07. The summed E-state index contributed by atoms with van der Waals surface area (Å²) in [4.78, 5) is 16.2. The molecule has 3 aliphatic heterocycles. The van der Waals surface area contributed by atoms with Crippen molar-refractivity contribution in [3.63, 3.8) is 0 Å². The molecule has 4 heterocycles. The number of thiophene rings is 1. The van der Waals surface area contributed by atoms with Crippen LogP contribution in [0.25, 0.3) is 10.1 Å². The van der Waals surface area contributed by atoms with E-state index in [0.717, 1.165) is 33.6 Å². The summed E-state index contributed by atoms with van der Waals surface area (Å²) in [6, 6.07) is 8.52. The predicted molar refractivity (Wildman–Crippen MR) is 109 cm³/mol. The molecule has 2 aromatic rings. The van der Waals surface area contributed by atoms with Crippen LogP contribution in [0.3, 0.4) is 0 Å². The molecule has 4 nitrogen and oxygen atoms in total. The lowest BCUT2D eigenvalue weighted by Gasteiger charge is -2.56. The van der Waals surface area contributed by atoms with Gasteiger partial charge in [-0.1, -0.05) is 12.1 Å². The summed E-state index contributed by atoms with van der Waals surface area (Å²) in [7, 11) is 1.70. The second kappa shape index (κ2) is 7.47. The summed E-state index contributed by atoms with van der Waals surface area (Å²) in [6.07, 6.45) is 2.39. The summed E-state index contributed by atoms with van der Waals surface area (Å²) in [5.41, 5.74) is 1.18. The van der Waals surface area contributed by atoms with E-state index in [1.807, 2.05) is 6.07 Å². The van der Waals surface area contributed by atoms with E-state index >= 15 is 0 Å². The first-order valence-corrected chi connectivity index (χ1v) is 9.88. The number of ether oxygens (including phenoxy) is 1. The topological polar surface area (TPSA) is 41.6 Å². The largest absolute Gasteiger partial charge is 0.380 e. The van der Waals surface area contributed by atoms with Gasteiger partial charge < -0.3 is 10.1 Å². The van der Waals surface area contributed by atoms with E-state index in [2.05, 4.69) is 42.3 Å². The molecule has 0 spiro atoms. The molecule has 3 fully saturated rings. The van der Waals surface area contributed by atoms with Crippen LogP contribution >= 0.6 is 23.7 Å². The van der Waals surface area contributed by atoms with E-state index in [9.17, 15) is 4.79 Å². The average molecular weight is 395 g/mol. The van der Waals surface area contributed by atoms with Crippen LogP contribution < -0.4 is 5.32 Å². The van der Waals surface area contributed by atoms with E-state index in [4.69, 9.17) is 4.74 Å². The molecule has 1 amide bonds. The Kier molecular flexibility index (Phi) is 5.63. The first kappa shape index (κ1) is 19.6. The number of halogens is 1. The van der Waals surface area contributed by atoms with E-state index in [-0.39, 0.29) is 29.9 Å². The molecule has 1 aromatic heterocycles. The van der Waals surface area contributed by atoms with Gasteiger partial charge in [-0.25, -0.2) is 0 Å². The zero-order chi connectivity index (χ0) is 17.6. The summed E-state index contributed by atoms with van der Waals surface area (Å²) < 4.78 is 6.35. The van der Waals surface area contributed by atoms with Gasteiger partial charge >= 0.3 is 0 Å². The van der Waals surface area contributed by atoms with Crippen LogP contribution in [0.1, 0.15) is 41.9 Å². The fourth-order valence-electron chi connectivity index (χ4n) is 4.53. The number of methoxy groups -OCH3 is 1. The molecule has 3 saturated heterocycles. The third kappa shape index (κ3) is 3.38. The third-order valence-corrected chi connectivity index (χ3v) is 7.09. The van der Waals surface area contributed by atoms with Gasteiger partial charge in [-0.05, 0) is 68.8 Å². The second-order valence-electron chi connectivity index (χ2n) is 7.85. The quantitative estimate of drug-likeness (QED) is 0.849. The third-order valence-electron chi connectivity index (χ3n) is 5.99. The Bertz CT molecular complexity index is 796. The van der Waals surface area contributed by atoms with Gasteiger partial charge in [-0.15, -0.1) is 23.7 Å². The van der Waals surface area contributed by atoms with Crippen LogP contribution in [0.4, 0.5) is 0 Å². The Hall–Kier alpha value is -1.14. The van der Waals surface area contributed by atoms with Crippen LogP contribution in [-0.2, 0) is 11.3 Å². The lowest BCUT2D eigenvalue weighted by molar-refractivity contribution is -0.0377. The maximum Gasteiger partial charge on any atom is 0.261 e. The molecule has 1 N–H and O–H groups in total. The minimum atomic E-state index is 0. The van der Waals surface area contributed by atoms with Crippen LogP contribution in [0, 0.1) is 5.92 Å². The Morgan fingerprint density at radius 1 is 1.31 bits per heavy atom. The minimum absolute atomic E-state index is 0. The van der Waals surface area contributed by atoms with Crippen LogP contribution in [0.15, 0.2) is 24.3 Å². The highest BCUT2D eigenvalue weighted by atomic mass is 35.5. The molecule has 0 aliphatic carbocycles. The first-order valence-electron chi connectivity index (χ1n) is 9.06. The van der Waals surface area contributed by atoms with Crippen molar-refractivity contribution >= 4 is 39.7 Å². The highest BCUT2D eigenvalue weighted by Gasteiger charge is 2.48. The van der Waals surface area contributed by atoms with Gasteiger partial charge in [0.15, 0.2) is 0 Å². The van der Waals surface area contributed by atoms with E-state index < -0.39 is 0 Å². The monoisotopic (exact) mass is 394 g/mol. The van der Waals surface area contributed by atoms with E-state index in [1.54, 1.807) is 18.4 Å². The number of piperidine rings is 3.